The number of hydrogen-bond acceptors (Lipinski definition) is 2. The molecule has 0 aliphatic carbocycles. The molecule has 0 unspecified atom stereocenters. The van der Waals surface area contributed by atoms with Gasteiger partial charge in [0.25, 0.3) is 5.91 Å². The molecule has 2 aromatic carbocycles. The van der Waals surface area contributed by atoms with Crippen molar-refractivity contribution in [3.05, 3.63) is 64.7 Å². The maximum Gasteiger partial charge on any atom is 0.255 e. The van der Waals surface area contributed by atoms with Gasteiger partial charge in [-0.3, -0.25) is 9.59 Å². The summed E-state index contributed by atoms with van der Waals surface area (Å²) < 4.78 is 25.8. The second kappa shape index (κ2) is 7.19. The van der Waals surface area contributed by atoms with Gasteiger partial charge in [0, 0.05) is 12.7 Å². The van der Waals surface area contributed by atoms with Crippen LogP contribution in [-0.2, 0) is 4.79 Å². The molecular formula is C16H13ClF2N2O2. The van der Waals surface area contributed by atoms with Crippen LogP contribution in [0.4, 0.5) is 14.5 Å². The number of hydrogen-bond donors (Lipinski definition) is 1. The summed E-state index contributed by atoms with van der Waals surface area (Å²) in [6.45, 7) is -0.232. The van der Waals surface area contributed by atoms with Gasteiger partial charge in [0.1, 0.15) is 11.6 Å². The van der Waals surface area contributed by atoms with Crippen LogP contribution in [0.15, 0.2) is 42.5 Å². The first kappa shape index (κ1) is 16.9. The van der Waals surface area contributed by atoms with Gasteiger partial charge in [-0.2, -0.15) is 0 Å². The van der Waals surface area contributed by atoms with Crippen LogP contribution < -0.4 is 5.32 Å². The molecule has 2 amide bonds. The van der Waals surface area contributed by atoms with Crippen LogP contribution in [0.2, 0.25) is 5.02 Å². The van der Waals surface area contributed by atoms with Crippen molar-refractivity contribution < 1.29 is 18.4 Å². The Morgan fingerprint density at radius 2 is 1.70 bits per heavy atom. The average molecular weight is 339 g/mol. The molecule has 0 aromatic heterocycles. The minimum absolute atomic E-state index is 0.0270. The number of rotatable bonds is 4. The molecule has 23 heavy (non-hydrogen) atoms. The van der Waals surface area contributed by atoms with Gasteiger partial charge < -0.3 is 10.2 Å². The fourth-order valence-electron chi connectivity index (χ4n) is 1.89. The average Bonchev–Trinajstić information content (AvgIpc) is 2.49. The second-order valence-corrected chi connectivity index (χ2v) is 5.25. The Morgan fingerprint density at radius 3 is 2.30 bits per heavy atom. The van der Waals surface area contributed by atoms with E-state index < -0.39 is 23.4 Å². The van der Waals surface area contributed by atoms with Crippen molar-refractivity contribution in [2.75, 3.05) is 18.9 Å². The van der Waals surface area contributed by atoms with Gasteiger partial charge in [-0.15, -0.1) is 0 Å². The zero-order valence-corrected chi connectivity index (χ0v) is 12.9. The molecule has 0 radical (unpaired) electrons. The fourth-order valence-corrected chi connectivity index (χ4v) is 2.14. The third-order valence-corrected chi connectivity index (χ3v) is 3.33. The first-order chi connectivity index (χ1) is 10.9. The van der Waals surface area contributed by atoms with Gasteiger partial charge in [0.05, 0.1) is 17.1 Å². The number of nitrogens with zero attached hydrogens (tertiary/aromatic N) is 1. The van der Waals surface area contributed by atoms with E-state index in [0.29, 0.717) is 5.69 Å². The Morgan fingerprint density at radius 1 is 1.09 bits per heavy atom. The molecule has 0 fully saturated rings. The van der Waals surface area contributed by atoms with E-state index >= 15 is 0 Å². The van der Waals surface area contributed by atoms with E-state index in [0.717, 1.165) is 17.0 Å². The molecule has 0 atom stereocenters. The van der Waals surface area contributed by atoms with Crippen molar-refractivity contribution in [3.8, 4) is 0 Å². The molecule has 7 heteroatoms. The van der Waals surface area contributed by atoms with Gasteiger partial charge in [-0.1, -0.05) is 11.6 Å². The molecule has 0 heterocycles. The van der Waals surface area contributed by atoms with Crippen molar-refractivity contribution in [1.82, 2.24) is 4.90 Å². The number of halogens is 3. The molecular weight excluding hydrogens is 326 g/mol. The summed E-state index contributed by atoms with van der Waals surface area (Å²) in [5, 5.41) is 2.51. The molecule has 2 aromatic rings. The lowest BCUT2D eigenvalue weighted by Gasteiger charge is -2.17. The molecule has 0 saturated carbocycles. The summed E-state index contributed by atoms with van der Waals surface area (Å²) in [7, 11) is 1.42. The predicted octanol–water partition coefficient (Wildman–Crippen LogP) is 3.33. The van der Waals surface area contributed by atoms with Gasteiger partial charge in [0.15, 0.2) is 0 Å². The Hall–Kier alpha value is -2.47. The highest BCUT2D eigenvalue weighted by molar-refractivity contribution is 6.33. The zero-order valence-electron chi connectivity index (χ0n) is 12.1. The highest BCUT2D eigenvalue weighted by Crippen LogP contribution is 2.18. The molecule has 0 bridgehead atoms. The molecule has 0 spiro atoms. The van der Waals surface area contributed by atoms with E-state index in [2.05, 4.69) is 5.32 Å². The monoisotopic (exact) mass is 338 g/mol. The number of likely N-dealkylation sites (N-methyl/N-ethyl adjacent to an activating group) is 1. The summed E-state index contributed by atoms with van der Waals surface area (Å²) in [4.78, 5) is 25.2. The Bertz CT molecular complexity index is 735. The topological polar surface area (TPSA) is 49.4 Å². The number of amides is 2. The van der Waals surface area contributed by atoms with Gasteiger partial charge in [-0.25, -0.2) is 8.78 Å². The van der Waals surface area contributed by atoms with E-state index in [9.17, 15) is 18.4 Å². The first-order valence-corrected chi connectivity index (χ1v) is 7.00. The zero-order chi connectivity index (χ0) is 17.0. The van der Waals surface area contributed by atoms with Crippen LogP contribution >= 0.6 is 11.6 Å². The predicted molar refractivity (Wildman–Crippen MR) is 83.4 cm³/mol. The maximum atomic E-state index is 13.0. The third-order valence-electron chi connectivity index (χ3n) is 3.02. The third kappa shape index (κ3) is 4.50. The van der Waals surface area contributed by atoms with Gasteiger partial charge >= 0.3 is 0 Å². The second-order valence-electron chi connectivity index (χ2n) is 4.84. The quantitative estimate of drug-likeness (QED) is 0.929. The van der Waals surface area contributed by atoms with Crippen LogP contribution in [0.3, 0.4) is 0 Å². The largest absolute Gasteiger partial charge is 0.332 e. The maximum absolute atomic E-state index is 13.0. The lowest BCUT2D eigenvalue weighted by atomic mass is 10.2. The fraction of sp³-hybridized carbons (Fsp3) is 0.125. The number of carbonyl (C=O) groups is 2. The molecule has 0 aliphatic rings. The summed E-state index contributed by atoms with van der Waals surface area (Å²) in [6, 6.07) is 8.64. The van der Waals surface area contributed by atoms with Crippen LogP contribution in [0.5, 0.6) is 0 Å². The van der Waals surface area contributed by atoms with Crippen molar-refractivity contribution in [1.29, 1.82) is 0 Å². The summed E-state index contributed by atoms with van der Waals surface area (Å²) >= 11 is 5.83. The SMILES string of the molecule is CN(CC(=O)Nc1ccc(F)cc1)C(=O)c1ccc(F)cc1Cl. The number of benzene rings is 2. The van der Waals surface area contributed by atoms with Gasteiger partial charge in [-0.05, 0) is 42.5 Å². The lowest BCUT2D eigenvalue weighted by Crippen LogP contribution is -2.35. The van der Waals surface area contributed by atoms with Crippen LogP contribution in [0.25, 0.3) is 0 Å². The van der Waals surface area contributed by atoms with Crippen LogP contribution in [0, 0.1) is 11.6 Å². The number of nitrogens with one attached hydrogen (secondary N) is 1. The number of carbonyl (C=O) groups excluding carboxylic acids is 2. The lowest BCUT2D eigenvalue weighted by molar-refractivity contribution is -0.116. The van der Waals surface area contributed by atoms with Crippen molar-refractivity contribution >= 4 is 29.1 Å². The Kier molecular flexibility index (Phi) is 5.28. The first-order valence-electron chi connectivity index (χ1n) is 6.63. The smallest absolute Gasteiger partial charge is 0.255 e. The molecule has 2 rings (SSSR count). The van der Waals surface area contributed by atoms with Crippen LogP contribution in [-0.4, -0.2) is 30.3 Å². The van der Waals surface area contributed by atoms with Crippen molar-refractivity contribution in [3.63, 3.8) is 0 Å². The highest BCUT2D eigenvalue weighted by atomic mass is 35.5. The normalized spacial score (nSPS) is 10.3. The van der Waals surface area contributed by atoms with Crippen LogP contribution in [0.1, 0.15) is 10.4 Å². The van der Waals surface area contributed by atoms with E-state index in [1.807, 2.05) is 0 Å². The summed E-state index contributed by atoms with van der Waals surface area (Å²) in [5.74, 6) is -1.93. The van der Waals surface area contributed by atoms with E-state index in [1.54, 1.807) is 0 Å². The Balaban J connectivity index is 2.00. The standard InChI is InChI=1S/C16H13ClF2N2O2/c1-21(16(23)13-7-4-11(19)8-14(13)17)9-15(22)20-12-5-2-10(18)3-6-12/h2-8H,9H2,1H3,(H,20,22). The van der Waals surface area contributed by atoms with E-state index in [4.69, 9.17) is 11.6 Å². The molecule has 0 aliphatic heterocycles. The van der Waals surface area contributed by atoms with Gasteiger partial charge in [0.2, 0.25) is 5.91 Å². The van der Waals surface area contributed by atoms with Crippen molar-refractivity contribution in [2.24, 2.45) is 0 Å². The molecule has 4 nitrogen and oxygen atoms in total. The molecule has 120 valence electrons. The molecule has 1 N–H and O–H groups in total. The summed E-state index contributed by atoms with van der Waals surface area (Å²) in [6.07, 6.45) is 0. The highest BCUT2D eigenvalue weighted by Gasteiger charge is 2.18. The minimum atomic E-state index is -0.553. The Labute approximate surface area is 136 Å². The number of anilines is 1. The molecule has 0 saturated heterocycles. The summed E-state index contributed by atoms with van der Waals surface area (Å²) in [5.41, 5.74) is 0.516. The van der Waals surface area contributed by atoms with E-state index in [-0.39, 0.29) is 17.1 Å². The minimum Gasteiger partial charge on any atom is -0.332 e. The van der Waals surface area contributed by atoms with Crippen molar-refractivity contribution in [2.45, 2.75) is 0 Å². The van der Waals surface area contributed by atoms with E-state index in [1.165, 1.54) is 37.4 Å².